The van der Waals surface area contributed by atoms with Crippen LogP contribution in [0, 0.1) is 29.5 Å². The van der Waals surface area contributed by atoms with Gasteiger partial charge in [-0.05, 0) is 45.7 Å². The third-order valence-electron chi connectivity index (χ3n) is 8.76. The summed E-state index contributed by atoms with van der Waals surface area (Å²) in [7, 11) is 2.95. The second-order valence-corrected chi connectivity index (χ2v) is 11.1. The van der Waals surface area contributed by atoms with Crippen molar-refractivity contribution in [1.29, 1.82) is 0 Å². The maximum atomic E-state index is 15.5. The third kappa shape index (κ3) is 3.60. The Labute approximate surface area is 222 Å². The number of Topliss-reactive ketones (excluding diaryl/α,β-unsaturated/α-hetero) is 4. The highest BCUT2D eigenvalue weighted by Gasteiger charge is 2.69. The number of carbonyl (C=O) groups excluding carboxylic acids is 6. The molecule has 3 fully saturated rings. The van der Waals surface area contributed by atoms with Crippen LogP contribution in [0.4, 0.5) is 10.1 Å². The van der Waals surface area contributed by atoms with Crippen molar-refractivity contribution in [2.75, 3.05) is 25.5 Å². The maximum Gasteiger partial charge on any atom is 0.244 e. The lowest BCUT2D eigenvalue weighted by Gasteiger charge is -2.52. The molecule has 1 aromatic carbocycles. The second kappa shape index (κ2) is 9.00. The number of aromatic hydroxyl groups is 1. The van der Waals surface area contributed by atoms with Crippen molar-refractivity contribution in [3.8, 4) is 5.75 Å². The fourth-order valence-electron chi connectivity index (χ4n) is 6.96. The SMILES string of the molecule is CN(C)[C@@H]1C(=O)C(C(N)=O)C(=O)[C@@]2(O)C(=O)C3C(=O)c4c(O)c(N5CCC[C@H](N)C5=O)cc(F)c4C[C@H]3C[C@@H]12. The van der Waals surface area contributed by atoms with Gasteiger partial charge < -0.3 is 26.6 Å². The number of rotatable bonds is 3. The number of primary amides is 1. The van der Waals surface area contributed by atoms with Crippen LogP contribution in [0.25, 0.3) is 0 Å². The van der Waals surface area contributed by atoms with Crippen molar-refractivity contribution in [1.82, 2.24) is 4.90 Å². The average molecular weight is 545 g/mol. The lowest BCUT2D eigenvalue weighted by Crippen LogP contribution is -2.74. The summed E-state index contributed by atoms with van der Waals surface area (Å²) in [5.41, 5.74) is 7.31. The van der Waals surface area contributed by atoms with E-state index in [0.29, 0.717) is 12.8 Å². The quantitative estimate of drug-likeness (QED) is 0.323. The maximum absolute atomic E-state index is 15.5. The molecule has 0 aromatic heterocycles. The molecule has 0 bridgehead atoms. The molecular weight excluding hydrogens is 515 g/mol. The van der Waals surface area contributed by atoms with Crippen molar-refractivity contribution < 1.29 is 43.4 Å². The van der Waals surface area contributed by atoms with Gasteiger partial charge in [-0.2, -0.15) is 0 Å². The smallest absolute Gasteiger partial charge is 0.244 e. The number of piperidine rings is 1. The minimum atomic E-state index is -2.88. The number of aliphatic hydroxyl groups is 1. The Kier molecular flexibility index (Phi) is 6.24. The number of benzene rings is 1. The van der Waals surface area contributed by atoms with E-state index in [1.807, 2.05) is 0 Å². The molecule has 5 rings (SSSR count). The van der Waals surface area contributed by atoms with Gasteiger partial charge in [0.15, 0.2) is 40.4 Å². The number of hydrogen-bond donors (Lipinski definition) is 4. The third-order valence-corrected chi connectivity index (χ3v) is 8.76. The number of hydrogen-bond acceptors (Lipinski definition) is 10. The van der Waals surface area contributed by atoms with Gasteiger partial charge in [0.25, 0.3) is 0 Å². The first-order chi connectivity index (χ1) is 18.2. The van der Waals surface area contributed by atoms with E-state index in [-0.39, 0.29) is 30.6 Å². The van der Waals surface area contributed by atoms with Crippen LogP contribution in [0.15, 0.2) is 6.07 Å². The number of amides is 2. The Hall–Kier alpha value is -3.55. The van der Waals surface area contributed by atoms with Crippen molar-refractivity contribution in [3.63, 3.8) is 0 Å². The molecule has 2 unspecified atom stereocenters. The van der Waals surface area contributed by atoms with Gasteiger partial charge in [-0.3, -0.25) is 33.7 Å². The molecule has 0 spiro atoms. The number of carbonyl (C=O) groups is 6. The molecule has 6 N–H and O–H groups in total. The van der Waals surface area contributed by atoms with E-state index in [4.69, 9.17) is 11.5 Å². The average Bonchev–Trinajstić information content (AvgIpc) is 2.85. The molecule has 1 aromatic rings. The van der Waals surface area contributed by atoms with Crippen LogP contribution < -0.4 is 16.4 Å². The van der Waals surface area contributed by atoms with Crippen LogP contribution in [0.2, 0.25) is 0 Å². The predicted octanol–water partition coefficient (Wildman–Crippen LogP) is -1.54. The number of nitrogens with two attached hydrogens (primary N) is 2. The second-order valence-electron chi connectivity index (χ2n) is 11.1. The van der Waals surface area contributed by atoms with Gasteiger partial charge in [0, 0.05) is 24.1 Å². The number of ketones is 4. The van der Waals surface area contributed by atoms with E-state index in [2.05, 4.69) is 0 Å². The lowest BCUT2D eigenvalue weighted by atomic mass is 9.52. The zero-order valence-corrected chi connectivity index (χ0v) is 21.3. The fraction of sp³-hybridized carbons (Fsp3) is 0.538. The summed E-state index contributed by atoms with van der Waals surface area (Å²) in [5, 5.41) is 22.7. The van der Waals surface area contributed by atoms with Crippen molar-refractivity contribution in [2.45, 2.75) is 43.4 Å². The van der Waals surface area contributed by atoms with Gasteiger partial charge in [0.2, 0.25) is 11.8 Å². The van der Waals surface area contributed by atoms with Gasteiger partial charge in [0.1, 0.15) is 5.82 Å². The topological polar surface area (TPSA) is 201 Å². The first-order valence-electron chi connectivity index (χ1n) is 12.7. The number of phenolic OH excluding ortho intramolecular Hbond substituents is 1. The van der Waals surface area contributed by atoms with Crippen molar-refractivity contribution in [2.24, 2.45) is 35.1 Å². The highest BCUT2D eigenvalue weighted by molar-refractivity contribution is 6.32. The molecule has 1 aliphatic heterocycles. The van der Waals surface area contributed by atoms with E-state index in [1.165, 1.54) is 19.0 Å². The molecular formula is C26H29FN4O8. The van der Waals surface area contributed by atoms with Crippen molar-refractivity contribution in [3.05, 3.63) is 23.0 Å². The summed E-state index contributed by atoms with van der Waals surface area (Å²) in [6.07, 6.45) is 0.479. The highest BCUT2D eigenvalue weighted by Crippen LogP contribution is 2.52. The molecule has 1 heterocycles. The predicted molar refractivity (Wildman–Crippen MR) is 131 cm³/mol. The summed E-state index contributed by atoms with van der Waals surface area (Å²) >= 11 is 0. The van der Waals surface area contributed by atoms with Crippen LogP contribution in [-0.2, 0) is 30.4 Å². The van der Waals surface area contributed by atoms with Gasteiger partial charge >= 0.3 is 0 Å². The Morgan fingerprint density at radius 1 is 1.18 bits per heavy atom. The Balaban J connectivity index is 1.62. The Morgan fingerprint density at radius 3 is 2.46 bits per heavy atom. The molecule has 39 heavy (non-hydrogen) atoms. The van der Waals surface area contributed by atoms with E-state index in [0.717, 1.165) is 11.0 Å². The molecule has 208 valence electrons. The normalized spacial score (nSPS) is 34.6. The van der Waals surface area contributed by atoms with E-state index < -0.39 is 93.4 Å². The van der Waals surface area contributed by atoms with Gasteiger partial charge in [-0.15, -0.1) is 0 Å². The van der Waals surface area contributed by atoms with E-state index >= 15 is 4.39 Å². The van der Waals surface area contributed by atoms with E-state index in [1.54, 1.807) is 0 Å². The van der Waals surface area contributed by atoms with Crippen LogP contribution in [0.5, 0.6) is 5.75 Å². The minimum Gasteiger partial charge on any atom is -0.505 e. The summed E-state index contributed by atoms with van der Waals surface area (Å²) in [6.45, 7) is 0.127. The van der Waals surface area contributed by atoms with Gasteiger partial charge in [-0.25, -0.2) is 4.39 Å². The number of likely N-dealkylation sites (N-methyl/N-ethyl adjacent to an activating group) is 1. The molecule has 1 saturated heterocycles. The molecule has 7 atom stereocenters. The summed E-state index contributed by atoms with van der Waals surface area (Å²) < 4.78 is 15.5. The van der Waals surface area contributed by atoms with Gasteiger partial charge in [0.05, 0.1) is 29.3 Å². The largest absolute Gasteiger partial charge is 0.505 e. The van der Waals surface area contributed by atoms with Crippen LogP contribution in [0.3, 0.4) is 0 Å². The summed E-state index contributed by atoms with van der Waals surface area (Å²) in [4.78, 5) is 81.2. The molecule has 13 heteroatoms. The van der Waals surface area contributed by atoms with Crippen LogP contribution in [0.1, 0.15) is 35.2 Å². The van der Waals surface area contributed by atoms with Crippen molar-refractivity contribution >= 4 is 40.6 Å². The van der Waals surface area contributed by atoms with Gasteiger partial charge in [-0.1, -0.05) is 0 Å². The molecule has 12 nitrogen and oxygen atoms in total. The van der Waals surface area contributed by atoms with Crippen LogP contribution >= 0.6 is 0 Å². The highest BCUT2D eigenvalue weighted by atomic mass is 19.1. The molecule has 4 aliphatic rings. The Morgan fingerprint density at radius 2 is 1.85 bits per heavy atom. The lowest BCUT2D eigenvalue weighted by molar-refractivity contribution is -0.181. The first-order valence-corrected chi connectivity index (χ1v) is 12.7. The number of halogens is 1. The molecule has 3 aliphatic carbocycles. The first kappa shape index (κ1) is 27.0. The number of fused-ring (bicyclic) bond motifs is 3. The summed E-state index contributed by atoms with van der Waals surface area (Å²) in [5.74, 6) is -13.9. The number of nitrogens with zero attached hydrogens (tertiary/aromatic N) is 2. The zero-order valence-electron chi connectivity index (χ0n) is 21.3. The molecule has 2 amide bonds. The minimum absolute atomic E-state index is 0.127. The molecule has 2 saturated carbocycles. The molecule has 0 radical (unpaired) electrons. The Bertz CT molecular complexity index is 1360. The fourth-order valence-corrected chi connectivity index (χ4v) is 6.96. The summed E-state index contributed by atoms with van der Waals surface area (Å²) in [6, 6.07) is -1.17. The van der Waals surface area contributed by atoms with Crippen LogP contribution in [-0.4, -0.2) is 88.4 Å². The zero-order chi connectivity index (χ0) is 28.7. The number of phenols is 1. The van der Waals surface area contributed by atoms with E-state index in [9.17, 15) is 39.0 Å². The standard InChI is InChI=1S/C26H29FN4O8/c1-30(2)18-11-7-9-6-10-12(27)8-14(31-5-3-4-13(28)25(31)38)19(32)16(10)20(33)15(9)22(35)26(11,39)23(36)17(21(18)34)24(29)37/h8-9,11,13,15,17-18,32,39H,3-7,28H2,1-2H3,(H2,29,37)/t9-,11-,13-,15?,17?,18-,26-/m0/s1. The monoisotopic (exact) mass is 544 g/mol. The number of anilines is 1.